The highest BCUT2D eigenvalue weighted by Gasteiger charge is 2.15. The molecule has 0 aromatic heterocycles. The first-order chi connectivity index (χ1) is 6.70. The second-order valence-electron chi connectivity index (χ2n) is 3.00. The van der Waals surface area contributed by atoms with Crippen LogP contribution >= 0.6 is 11.6 Å². The molecule has 0 aliphatic carbocycles. The molecule has 0 saturated heterocycles. The summed E-state index contributed by atoms with van der Waals surface area (Å²) in [6, 6.07) is 4.59. The molecule has 0 aliphatic heterocycles. The molecule has 0 radical (unpaired) electrons. The molecule has 1 rings (SSSR count). The van der Waals surface area contributed by atoms with Gasteiger partial charge in [-0.2, -0.15) is 0 Å². The topological polar surface area (TPSA) is 12.0 Å². The summed E-state index contributed by atoms with van der Waals surface area (Å²) in [7, 11) is 1.77. The summed E-state index contributed by atoms with van der Waals surface area (Å²) in [5.74, 6) is -0.279. The largest absolute Gasteiger partial charge is 0.313 e. The van der Waals surface area contributed by atoms with E-state index in [1.54, 1.807) is 25.3 Å². The van der Waals surface area contributed by atoms with E-state index in [1.165, 1.54) is 6.07 Å². The van der Waals surface area contributed by atoms with Gasteiger partial charge in [0.15, 0.2) is 0 Å². The Balaban J connectivity index is 3.07. The Morgan fingerprint density at radius 1 is 1.64 bits per heavy atom. The fraction of sp³-hybridized carbons (Fsp3) is 0.273. The molecule has 1 N–H and O–H groups in total. The standard InChI is InChI=1S/C11H13ClFN/c1-3-5-10(14-2)11-8(12)6-4-7-9(11)13/h3-4,6-7,10,14H,1,5H2,2H3. The summed E-state index contributed by atoms with van der Waals surface area (Å²) in [5, 5.41) is 3.46. The Bertz CT molecular complexity index is 305. The van der Waals surface area contributed by atoms with Gasteiger partial charge in [0.1, 0.15) is 5.82 Å². The molecule has 0 fully saturated rings. The molecule has 1 atom stereocenters. The zero-order valence-corrected chi connectivity index (χ0v) is 8.81. The van der Waals surface area contributed by atoms with Crippen LogP contribution in [0.25, 0.3) is 0 Å². The van der Waals surface area contributed by atoms with Gasteiger partial charge in [0.25, 0.3) is 0 Å². The van der Waals surface area contributed by atoms with Crippen molar-refractivity contribution in [2.45, 2.75) is 12.5 Å². The zero-order chi connectivity index (χ0) is 10.6. The van der Waals surface area contributed by atoms with Crippen LogP contribution < -0.4 is 5.32 Å². The average Bonchev–Trinajstić information content (AvgIpc) is 2.16. The molecule has 0 heterocycles. The van der Waals surface area contributed by atoms with Gasteiger partial charge in [-0.05, 0) is 25.6 Å². The van der Waals surface area contributed by atoms with Crippen LogP contribution in [0.4, 0.5) is 4.39 Å². The lowest BCUT2D eigenvalue weighted by Crippen LogP contribution is -2.17. The molecule has 0 saturated carbocycles. The lowest BCUT2D eigenvalue weighted by atomic mass is 10.0. The van der Waals surface area contributed by atoms with E-state index in [9.17, 15) is 4.39 Å². The van der Waals surface area contributed by atoms with E-state index < -0.39 is 0 Å². The quantitative estimate of drug-likeness (QED) is 0.757. The van der Waals surface area contributed by atoms with Crippen LogP contribution in [-0.2, 0) is 0 Å². The first-order valence-corrected chi connectivity index (χ1v) is 4.80. The van der Waals surface area contributed by atoms with Gasteiger partial charge in [0.2, 0.25) is 0 Å². The van der Waals surface area contributed by atoms with Gasteiger partial charge in [-0.1, -0.05) is 23.7 Å². The Morgan fingerprint density at radius 3 is 2.86 bits per heavy atom. The summed E-state index contributed by atoms with van der Waals surface area (Å²) in [6.45, 7) is 3.63. The molecule has 1 aromatic carbocycles. The number of rotatable bonds is 4. The Kier molecular flexibility index (Phi) is 4.11. The van der Waals surface area contributed by atoms with Crippen molar-refractivity contribution in [2.75, 3.05) is 7.05 Å². The first-order valence-electron chi connectivity index (χ1n) is 4.42. The summed E-state index contributed by atoms with van der Waals surface area (Å²) in [4.78, 5) is 0. The van der Waals surface area contributed by atoms with E-state index >= 15 is 0 Å². The third-order valence-corrected chi connectivity index (χ3v) is 2.43. The fourth-order valence-electron chi connectivity index (χ4n) is 1.39. The van der Waals surface area contributed by atoms with Crippen LogP contribution in [0.3, 0.4) is 0 Å². The van der Waals surface area contributed by atoms with Crippen molar-refractivity contribution in [3.8, 4) is 0 Å². The van der Waals surface area contributed by atoms with Crippen molar-refractivity contribution in [1.82, 2.24) is 5.32 Å². The second-order valence-corrected chi connectivity index (χ2v) is 3.41. The molecule has 1 unspecified atom stereocenters. The van der Waals surface area contributed by atoms with Crippen molar-refractivity contribution in [1.29, 1.82) is 0 Å². The lowest BCUT2D eigenvalue weighted by Gasteiger charge is -2.16. The first kappa shape index (κ1) is 11.2. The maximum atomic E-state index is 13.5. The van der Waals surface area contributed by atoms with Gasteiger partial charge in [-0.3, -0.25) is 0 Å². The average molecular weight is 214 g/mol. The highest BCUT2D eigenvalue weighted by molar-refractivity contribution is 6.31. The molecule has 1 nitrogen and oxygen atoms in total. The van der Waals surface area contributed by atoms with Gasteiger partial charge >= 0.3 is 0 Å². The predicted octanol–water partition coefficient (Wildman–Crippen LogP) is 3.32. The molecular formula is C11H13ClFN. The molecule has 0 amide bonds. The molecule has 0 bridgehead atoms. The number of nitrogens with one attached hydrogen (secondary N) is 1. The highest BCUT2D eigenvalue weighted by atomic mass is 35.5. The number of halogens is 2. The van der Waals surface area contributed by atoms with Crippen LogP contribution in [0.1, 0.15) is 18.0 Å². The maximum Gasteiger partial charge on any atom is 0.129 e. The molecule has 14 heavy (non-hydrogen) atoms. The number of hydrogen-bond acceptors (Lipinski definition) is 1. The van der Waals surface area contributed by atoms with Crippen LogP contribution in [-0.4, -0.2) is 7.05 Å². The molecule has 3 heteroatoms. The minimum absolute atomic E-state index is 0.110. The molecular weight excluding hydrogens is 201 g/mol. The summed E-state index contributed by atoms with van der Waals surface area (Å²) in [5.41, 5.74) is 0.511. The van der Waals surface area contributed by atoms with Gasteiger partial charge < -0.3 is 5.32 Å². The highest BCUT2D eigenvalue weighted by Crippen LogP contribution is 2.27. The zero-order valence-electron chi connectivity index (χ0n) is 8.06. The molecule has 1 aromatic rings. The minimum atomic E-state index is -0.279. The lowest BCUT2D eigenvalue weighted by molar-refractivity contribution is 0.540. The van der Waals surface area contributed by atoms with E-state index in [1.807, 2.05) is 0 Å². The number of benzene rings is 1. The Morgan fingerprint density at radius 2 is 2.36 bits per heavy atom. The van der Waals surface area contributed by atoms with Gasteiger partial charge in [0, 0.05) is 16.6 Å². The van der Waals surface area contributed by atoms with Crippen molar-refractivity contribution >= 4 is 11.6 Å². The van der Waals surface area contributed by atoms with Crippen LogP contribution in [0.15, 0.2) is 30.9 Å². The third kappa shape index (κ3) is 2.34. The fourth-order valence-corrected chi connectivity index (χ4v) is 1.69. The van der Waals surface area contributed by atoms with Crippen molar-refractivity contribution in [2.24, 2.45) is 0 Å². The third-order valence-electron chi connectivity index (χ3n) is 2.10. The van der Waals surface area contributed by atoms with Crippen LogP contribution in [0, 0.1) is 5.82 Å². The minimum Gasteiger partial charge on any atom is -0.313 e. The summed E-state index contributed by atoms with van der Waals surface area (Å²) >= 11 is 5.92. The Hall–Kier alpha value is -0.860. The van der Waals surface area contributed by atoms with Crippen molar-refractivity contribution in [3.05, 3.63) is 47.3 Å². The monoisotopic (exact) mass is 213 g/mol. The molecule has 0 aliphatic rings. The van der Waals surface area contributed by atoms with Crippen LogP contribution in [0.2, 0.25) is 5.02 Å². The smallest absolute Gasteiger partial charge is 0.129 e. The van der Waals surface area contributed by atoms with Gasteiger partial charge in [0.05, 0.1) is 0 Å². The molecule has 0 spiro atoms. The van der Waals surface area contributed by atoms with Crippen molar-refractivity contribution < 1.29 is 4.39 Å². The number of hydrogen-bond donors (Lipinski definition) is 1. The normalized spacial score (nSPS) is 12.5. The van der Waals surface area contributed by atoms with Crippen molar-refractivity contribution in [3.63, 3.8) is 0 Å². The predicted molar refractivity (Wildman–Crippen MR) is 58.0 cm³/mol. The maximum absolute atomic E-state index is 13.5. The second kappa shape index (κ2) is 5.13. The van der Waals surface area contributed by atoms with Gasteiger partial charge in [-0.25, -0.2) is 4.39 Å². The SMILES string of the molecule is C=CCC(NC)c1c(F)cccc1Cl. The Labute approximate surface area is 88.6 Å². The van der Waals surface area contributed by atoms with E-state index in [4.69, 9.17) is 11.6 Å². The van der Waals surface area contributed by atoms with E-state index in [-0.39, 0.29) is 11.9 Å². The van der Waals surface area contributed by atoms with Crippen LogP contribution in [0.5, 0.6) is 0 Å². The summed E-state index contributed by atoms with van der Waals surface area (Å²) in [6.07, 6.45) is 2.39. The van der Waals surface area contributed by atoms with Gasteiger partial charge in [-0.15, -0.1) is 6.58 Å². The summed E-state index contributed by atoms with van der Waals surface area (Å²) < 4.78 is 13.5. The van der Waals surface area contributed by atoms with E-state index in [0.29, 0.717) is 17.0 Å². The van der Waals surface area contributed by atoms with E-state index in [2.05, 4.69) is 11.9 Å². The van der Waals surface area contributed by atoms with E-state index in [0.717, 1.165) is 0 Å². The molecule has 76 valence electrons.